The average Bonchev–Trinajstić information content (AvgIpc) is 2.43. The highest BCUT2D eigenvalue weighted by Crippen LogP contribution is 2.50. The molecule has 0 rings (SSSR count). The molecule has 0 saturated carbocycles. The molecule has 0 N–H and O–H groups in total. The first-order valence-electron chi connectivity index (χ1n) is 6.28. The molecule has 26 heteroatoms. The lowest BCUT2D eigenvalue weighted by atomic mass is 11.4. The number of phosphoric acid groups is 1. The molecule has 0 aliphatic heterocycles. The van der Waals surface area contributed by atoms with Gasteiger partial charge in [-0.1, -0.05) is 0 Å². The van der Waals surface area contributed by atoms with Gasteiger partial charge >= 0.3 is 26.9 Å². The van der Waals surface area contributed by atoms with E-state index < -0.39 is 75.1 Å². The SMILES string of the molecule is O=P(OCS(=O)(=O)OC(F)(F)F)(OCS(=O)(=O)OC(F)(F)F)OCS(=O)(=O)OC(F)(F)F. The first-order valence-corrected chi connectivity index (χ1v) is 12.5. The van der Waals surface area contributed by atoms with Gasteiger partial charge in [0.2, 0.25) is 0 Å². The summed E-state index contributed by atoms with van der Waals surface area (Å²) in [5, 5.41) is 0. The zero-order valence-electron chi connectivity index (χ0n) is 14.0. The molecule has 0 spiro atoms. The van der Waals surface area contributed by atoms with E-state index >= 15 is 0 Å². The second-order valence-electron chi connectivity index (χ2n) is 4.45. The molecule has 0 aliphatic rings. The normalized spacial score (nSPS) is 15.2. The van der Waals surface area contributed by atoms with Gasteiger partial charge in [-0.25, -0.2) is 4.57 Å². The van der Waals surface area contributed by atoms with Crippen molar-refractivity contribution in [3.8, 4) is 0 Å². The van der Waals surface area contributed by atoms with Crippen molar-refractivity contribution in [1.29, 1.82) is 0 Å². The molecule has 0 fully saturated rings. The lowest BCUT2D eigenvalue weighted by molar-refractivity contribution is -0.273. The Hall–Kier alpha value is -0.790. The molecule has 32 heavy (non-hydrogen) atoms. The summed E-state index contributed by atoms with van der Waals surface area (Å²) in [7, 11) is -24.0. The summed E-state index contributed by atoms with van der Waals surface area (Å²) < 4.78 is 203. The van der Waals surface area contributed by atoms with Crippen molar-refractivity contribution in [2.75, 3.05) is 17.8 Å². The molecule has 13 nitrogen and oxygen atoms in total. The molecule has 194 valence electrons. The molecule has 0 aromatic rings. The Kier molecular flexibility index (Phi) is 9.97. The highest BCUT2D eigenvalue weighted by molar-refractivity contribution is 7.87. The summed E-state index contributed by atoms with van der Waals surface area (Å²) in [6, 6.07) is 0. The van der Waals surface area contributed by atoms with Crippen LogP contribution in [0.1, 0.15) is 0 Å². The van der Waals surface area contributed by atoms with Crippen LogP contribution in [0.2, 0.25) is 0 Å². The van der Waals surface area contributed by atoms with Gasteiger partial charge in [-0.2, -0.15) is 37.8 Å². The fourth-order valence-corrected chi connectivity index (χ4v) is 5.33. The Morgan fingerprint density at radius 2 is 0.688 bits per heavy atom. The van der Waals surface area contributed by atoms with Crippen molar-refractivity contribution in [1.82, 2.24) is 0 Å². The van der Waals surface area contributed by atoms with Gasteiger partial charge in [0.05, 0.1) is 0 Å². The maximum absolute atomic E-state index is 12.0. The summed E-state index contributed by atoms with van der Waals surface area (Å²) >= 11 is 0. The van der Waals surface area contributed by atoms with Crippen LogP contribution >= 0.6 is 7.82 Å². The van der Waals surface area contributed by atoms with Crippen LogP contribution < -0.4 is 0 Å². The maximum Gasteiger partial charge on any atom is 0.537 e. The van der Waals surface area contributed by atoms with E-state index in [1.807, 2.05) is 0 Å². The van der Waals surface area contributed by atoms with Crippen molar-refractivity contribution in [2.45, 2.75) is 19.1 Å². The van der Waals surface area contributed by atoms with Crippen LogP contribution in [0.3, 0.4) is 0 Å². The molecule has 0 saturated heterocycles. The molecule has 0 heterocycles. The zero-order chi connectivity index (χ0) is 25.9. The molecule has 0 radical (unpaired) electrons. The van der Waals surface area contributed by atoms with Crippen LogP contribution in [-0.4, -0.2) is 62.2 Å². The fourth-order valence-electron chi connectivity index (χ4n) is 1.00. The molecule has 0 aromatic heterocycles. The predicted molar refractivity (Wildman–Crippen MR) is 73.6 cm³/mol. The minimum atomic E-state index is -6.18. The topological polar surface area (TPSA) is 175 Å². The van der Waals surface area contributed by atoms with Gasteiger partial charge in [0.25, 0.3) is 30.4 Å². The largest absolute Gasteiger partial charge is 0.537 e. The third kappa shape index (κ3) is 15.9. The first-order chi connectivity index (χ1) is 13.7. The van der Waals surface area contributed by atoms with Gasteiger partial charge in [-0.05, 0) is 0 Å². The van der Waals surface area contributed by atoms with Crippen LogP contribution in [0.5, 0.6) is 0 Å². The lowest BCUT2D eigenvalue weighted by Crippen LogP contribution is -2.26. The maximum atomic E-state index is 12.0. The summed E-state index contributed by atoms with van der Waals surface area (Å²) in [5.74, 6) is -7.65. The molecular weight excluding hydrogens is 578 g/mol. The number of hydrogen-bond donors (Lipinski definition) is 0. The van der Waals surface area contributed by atoms with E-state index in [0.29, 0.717) is 0 Å². The number of hydrogen-bond acceptors (Lipinski definition) is 13. The van der Waals surface area contributed by atoms with E-state index in [-0.39, 0.29) is 0 Å². The minimum Gasteiger partial charge on any atom is -0.268 e. The Labute approximate surface area is 171 Å². The van der Waals surface area contributed by atoms with E-state index in [1.165, 1.54) is 0 Å². The van der Waals surface area contributed by atoms with E-state index in [0.717, 1.165) is 0 Å². The number of halogens is 9. The molecule has 0 unspecified atom stereocenters. The molecule has 0 aromatic carbocycles. The third-order valence-electron chi connectivity index (χ3n) is 1.73. The zero-order valence-corrected chi connectivity index (χ0v) is 17.3. The highest BCUT2D eigenvalue weighted by Gasteiger charge is 2.43. The quantitative estimate of drug-likeness (QED) is 0.184. The predicted octanol–water partition coefficient (Wildman–Crippen LogP) is 1.62. The van der Waals surface area contributed by atoms with Gasteiger partial charge in [-0.15, -0.1) is 39.5 Å². The smallest absolute Gasteiger partial charge is 0.268 e. The monoisotopic (exact) mass is 584 g/mol. The van der Waals surface area contributed by atoms with Gasteiger partial charge in [0.1, 0.15) is 0 Å². The second kappa shape index (κ2) is 10.2. The highest BCUT2D eigenvalue weighted by atomic mass is 32.2. The van der Waals surface area contributed by atoms with E-state index in [1.54, 1.807) is 0 Å². The number of rotatable bonds is 12. The van der Waals surface area contributed by atoms with Crippen LogP contribution in [0.15, 0.2) is 0 Å². The molecule has 0 amide bonds. The average molecular weight is 584 g/mol. The molecular formula is C6H6F9O13PS3. The van der Waals surface area contributed by atoms with Crippen LogP contribution in [-0.2, 0) is 61.0 Å². The summed E-state index contributed by atoms with van der Waals surface area (Å²) in [6.07, 6.45) is -17.7. The van der Waals surface area contributed by atoms with Gasteiger partial charge in [0, 0.05) is 0 Å². The second-order valence-corrected chi connectivity index (χ2v) is 10.7. The van der Waals surface area contributed by atoms with E-state index in [4.69, 9.17) is 0 Å². The Morgan fingerprint density at radius 1 is 0.500 bits per heavy atom. The van der Waals surface area contributed by atoms with E-state index in [2.05, 4.69) is 26.1 Å². The van der Waals surface area contributed by atoms with Crippen LogP contribution in [0.4, 0.5) is 39.5 Å². The van der Waals surface area contributed by atoms with Crippen molar-refractivity contribution in [2.24, 2.45) is 0 Å². The molecule has 0 aliphatic carbocycles. The van der Waals surface area contributed by atoms with Crippen molar-refractivity contribution >= 4 is 38.2 Å². The van der Waals surface area contributed by atoms with Crippen LogP contribution in [0, 0.1) is 0 Å². The van der Waals surface area contributed by atoms with Gasteiger partial charge in [0.15, 0.2) is 17.8 Å². The summed E-state index contributed by atoms with van der Waals surface area (Å²) in [5.41, 5.74) is 0. The third-order valence-corrected chi connectivity index (χ3v) is 6.14. The van der Waals surface area contributed by atoms with Crippen LogP contribution in [0.25, 0.3) is 0 Å². The standard InChI is InChI=1S/C6H6F9O13PS3/c7-4(8,9)26-30(17,18)1-23-29(16,24-2-31(19,20)27-5(10,11)12)25-3-32(21,22)28-6(13,14)15/h1-3H2. The first kappa shape index (κ1) is 31.2. The Bertz CT molecular complexity index is 865. The summed E-state index contributed by atoms with van der Waals surface area (Å²) in [6.45, 7) is 0. The van der Waals surface area contributed by atoms with E-state index in [9.17, 15) is 69.3 Å². The molecule has 0 bridgehead atoms. The Morgan fingerprint density at radius 3 is 0.844 bits per heavy atom. The lowest BCUT2D eigenvalue weighted by Gasteiger charge is -2.18. The number of phosphoric ester groups is 1. The van der Waals surface area contributed by atoms with Crippen molar-refractivity contribution in [3.63, 3.8) is 0 Å². The van der Waals surface area contributed by atoms with Crippen molar-refractivity contribution in [3.05, 3.63) is 0 Å². The van der Waals surface area contributed by atoms with Gasteiger partial charge < -0.3 is 0 Å². The van der Waals surface area contributed by atoms with Gasteiger partial charge in [-0.3, -0.25) is 13.6 Å². The Balaban J connectivity index is 5.61. The molecule has 0 atom stereocenters. The number of alkyl halides is 9. The fraction of sp³-hybridized carbons (Fsp3) is 1.00. The summed E-state index contributed by atoms with van der Waals surface area (Å²) in [4.78, 5) is 0. The van der Waals surface area contributed by atoms with Crippen molar-refractivity contribution < 1.29 is 95.5 Å². The minimum absolute atomic E-state index is 2.47.